The van der Waals surface area contributed by atoms with Crippen molar-refractivity contribution in [2.24, 2.45) is 0 Å². The van der Waals surface area contributed by atoms with E-state index >= 15 is 0 Å². The molecule has 4 nitrogen and oxygen atoms in total. The van der Waals surface area contributed by atoms with Crippen LogP contribution in [0.5, 0.6) is 0 Å². The fourth-order valence-electron chi connectivity index (χ4n) is 9.71. The molecule has 0 N–H and O–H groups in total. The van der Waals surface area contributed by atoms with Crippen molar-refractivity contribution >= 4 is 92.2 Å². The highest BCUT2D eigenvalue weighted by Crippen LogP contribution is 2.47. The molecule has 10 aromatic carbocycles. The predicted molar refractivity (Wildman–Crippen MR) is 270 cm³/mol. The molecular weight excluding hydrogens is 799 g/mol. The van der Waals surface area contributed by atoms with Crippen LogP contribution in [0.25, 0.3) is 103 Å². The Balaban J connectivity index is 1.03. The third-order valence-corrected chi connectivity index (χ3v) is 13.8. The zero-order valence-electron chi connectivity index (χ0n) is 34.5. The molecule has 64 heavy (non-hydrogen) atoms. The Bertz CT molecular complexity index is 3900. The Morgan fingerprint density at radius 3 is 2.02 bits per heavy atom. The van der Waals surface area contributed by atoms with Crippen LogP contribution < -0.4 is 4.90 Å². The summed E-state index contributed by atoms with van der Waals surface area (Å²) in [5, 5.41) is 7.43. The van der Waals surface area contributed by atoms with Crippen LogP contribution in [-0.4, -0.2) is 9.55 Å². The summed E-state index contributed by atoms with van der Waals surface area (Å²) in [6.07, 6.45) is 0. The second kappa shape index (κ2) is 14.7. The second-order valence-corrected chi connectivity index (χ2v) is 17.3. The Hall–Kier alpha value is -8.25. The number of thiophene rings is 1. The Labute approximate surface area is 373 Å². The van der Waals surface area contributed by atoms with Gasteiger partial charge in [0.2, 0.25) is 5.89 Å². The number of fused-ring (bicyclic) bond motifs is 9. The lowest BCUT2D eigenvalue weighted by Gasteiger charge is -2.28. The van der Waals surface area contributed by atoms with Crippen molar-refractivity contribution in [1.29, 1.82) is 0 Å². The molecule has 13 aromatic rings. The van der Waals surface area contributed by atoms with E-state index in [0.717, 1.165) is 56.1 Å². The first-order valence-corrected chi connectivity index (χ1v) is 22.4. The van der Waals surface area contributed by atoms with Gasteiger partial charge >= 0.3 is 0 Å². The van der Waals surface area contributed by atoms with E-state index in [-0.39, 0.29) is 0 Å². The zero-order valence-corrected chi connectivity index (χ0v) is 35.3. The van der Waals surface area contributed by atoms with Crippen LogP contribution >= 0.6 is 11.3 Å². The molecule has 0 amide bonds. The normalized spacial score (nSPS) is 11.8. The van der Waals surface area contributed by atoms with E-state index in [9.17, 15) is 0 Å². The molecule has 0 fully saturated rings. The fourth-order valence-corrected chi connectivity index (χ4v) is 10.9. The maximum Gasteiger partial charge on any atom is 0.227 e. The lowest BCUT2D eigenvalue weighted by atomic mass is 9.99. The molecule has 0 atom stereocenters. The van der Waals surface area contributed by atoms with Crippen molar-refractivity contribution in [2.75, 3.05) is 4.90 Å². The highest BCUT2D eigenvalue weighted by atomic mass is 32.1. The van der Waals surface area contributed by atoms with E-state index < -0.39 is 0 Å². The standard InChI is InChI=1S/C59H37N3OS/c1-3-16-40(17-4-1)59-60-52-26-14-24-49(57(52)63-59)46-21-9-11-27-53(46)61(42-32-29-39(30-33-42)45-23-13-25-50-47-22-10-12-28-55(47)64-58(45)50)43-34-36-54-51(37-43)48-35-31-38-15-7-8-20-44(38)56(48)62(54)41-18-5-2-6-19-41/h1-37H. The lowest BCUT2D eigenvalue weighted by Crippen LogP contribution is -2.11. The first-order chi connectivity index (χ1) is 31.7. The molecule has 3 heterocycles. The van der Waals surface area contributed by atoms with E-state index in [1.54, 1.807) is 0 Å². The quantitative estimate of drug-likeness (QED) is 0.160. The Morgan fingerprint density at radius 1 is 0.453 bits per heavy atom. The van der Waals surface area contributed by atoms with Gasteiger partial charge in [-0.05, 0) is 89.3 Å². The molecule has 300 valence electrons. The highest BCUT2D eigenvalue weighted by molar-refractivity contribution is 7.26. The first kappa shape index (κ1) is 36.4. The topological polar surface area (TPSA) is 34.2 Å². The largest absolute Gasteiger partial charge is 0.435 e. The maximum atomic E-state index is 6.66. The van der Waals surface area contributed by atoms with Gasteiger partial charge < -0.3 is 13.9 Å². The lowest BCUT2D eigenvalue weighted by molar-refractivity contribution is 0.621. The van der Waals surface area contributed by atoms with Gasteiger partial charge in [0.1, 0.15) is 5.52 Å². The molecule has 3 aromatic heterocycles. The average molecular weight is 836 g/mol. The highest BCUT2D eigenvalue weighted by Gasteiger charge is 2.23. The molecular formula is C59H37N3OS. The SMILES string of the molecule is c1ccc(-c2nc3cccc(-c4ccccc4N(c4ccc(-c5cccc6c5sc5ccccc56)cc4)c4ccc5c(c4)c4ccc6ccccc6c4n5-c4ccccc4)c3o2)cc1. The maximum absolute atomic E-state index is 6.66. The smallest absolute Gasteiger partial charge is 0.227 e. The summed E-state index contributed by atoms with van der Waals surface area (Å²) < 4.78 is 11.7. The van der Waals surface area contributed by atoms with E-state index in [0.29, 0.717) is 5.89 Å². The number of hydrogen-bond donors (Lipinski definition) is 0. The van der Waals surface area contributed by atoms with Gasteiger partial charge in [-0.25, -0.2) is 4.98 Å². The fraction of sp³-hybridized carbons (Fsp3) is 0. The molecule has 0 bridgehead atoms. The minimum absolute atomic E-state index is 0.606. The van der Waals surface area contributed by atoms with Gasteiger partial charge in [0.05, 0.1) is 16.7 Å². The number of hydrogen-bond acceptors (Lipinski definition) is 4. The second-order valence-electron chi connectivity index (χ2n) is 16.3. The number of para-hydroxylation sites is 3. The number of nitrogens with zero attached hydrogens (tertiary/aromatic N) is 3. The van der Waals surface area contributed by atoms with E-state index in [2.05, 4.69) is 198 Å². The zero-order chi connectivity index (χ0) is 42.1. The molecule has 0 aliphatic carbocycles. The first-order valence-electron chi connectivity index (χ1n) is 21.6. The molecule has 0 aliphatic rings. The molecule has 0 saturated heterocycles. The van der Waals surface area contributed by atoms with Gasteiger partial charge in [0, 0.05) is 70.1 Å². The number of anilines is 3. The van der Waals surface area contributed by atoms with Crippen LogP contribution in [0.4, 0.5) is 17.1 Å². The van der Waals surface area contributed by atoms with Gasteiger partial charge in [-0.2, -0.15) is 0 Å². The van der Waals surface area contributed by atoms with Crippen LogP contribution in [0.2, 0.25) is 0 Å². The van der Waals surface area contributed by atoms with E-state index in [1.807, 2.05) is 47.7 Å². The summed E-state index contributed by atoms with van der Waals surface area (Å²) >= 11 is 1.86. The molecule has 5 heteroatoms. The minimum Gasteiger partial charge on any atom is -0.435 e. The number of rotatable bonds is 7. The Morgan fingerprint density at radius 2 is 1.14 bits per heavy atom. The van der Waals surface area contributed by atoms with Crippen LogP contribution in [0.3, 0.4) is 0 Å². The molecule has 13 rings (SSSR count). The molecule has 0 saturated carbocycles. The van der Waals surface area contributed by atoms with Crippen molar-refractivity contribution in [1.82, 2.24) is 9.55 Å². The van der Waals surface area contributed by atoms with Crippen LogP contribution in [0.15, 0.2) is 229 Å². The molecule has 0 spiro atoms. The summed E-state index contributed by atoms with van der Waals surface area (Å²) in [6.45, 7) is 0. The van der Waals surface area contributed by atoms with Crippen molar-refractivity contribution < 1.29 is 4.42 Å². The third-order valence-electron chi connectivity index (χ3n) is 12.6. The Kier molecular flexibility index (Phi) is 8.36. The number of oxazole rings is 1. The van der Waals surface area contributed by atoms with Crippen LogP contribution in [-0.2, 0) is 0 Å². The van der Waals surface area contributed by atoms with Crippen molar-refractivity contribution in [3.05, 3.63) is 224 Å². The van der Waals surface area contributed by atoms with Gasteiger partial charge in [0.15, 0.2) is 5.58 Å². The van der Waals surface area contributed by atoms with Crippen molar-refractivity contribution in [3.8, 4) is 39.4 Å². The average Bonchev–Trinajstić information content (AvgIpc) is 4.08. The van der Waals surface area contributed by atoms with Gasteiger partial charge in [-0.1, -0.05) is 152 Å². The van der Waals surface area contributed by atoms with Crippen molar-refractivity contribution in [2.45, 2.75) is 0 Å². The van der Waals surface area contributed by atoms with E-state index in [1.165, 1.54) is 58.4 Å². The number of benzene rings is 10. The molecule has 0 unspecified atom stereocenters. The summed E-state index contributed by atoms with van der Waals surface area (Å²) in [5.74, 6) is 0.606. The predicted octanol–water partition coefficient (Wildman–Crippen LogP) is 16.9. The molecule has 0 aliphatic heterocycles. The molecule has 0 radical (unpaired) electrons. The van der Waals surface area contributed by atoms with Gasteiger partial charge in [-0.3, -0.25) is 0 Å². The number of aromatic nitrogens is 2. The summed E-state index contributed by atoms with van der Waals surface area (Å²) in [4.78, 5) is 7.37. The van der Waals surface area contributed by atoms with E-state index in [4.69, 9.17) is 9.40 Å². The minimum atomic E-state index is 0.606. The third kappa shape index (κ3) is 5.79. The summed E-state index contributed by atoms with van der Waals surface area (Å²) in [7, 11) is 0. The van der Waals surface area contributed by atoms with Crippen LogP contribution in [0, 0.1) is 0 Å². The van der Waals surface area contributed by atoms with Gasteiger partial charge in [0.25, 0.3) is 0 Å². The van der Waals surface area contributed by atoms with Crippen molar-refractivity contribution in [3.63, 3.8) is 0 Å². The monoisotopic (exact) mass is 835 g/mol. The van der Waals surface area contributed by atoms with Crippen LogP contribution in [0.1, 0.15) is 0 Å². The summed E-state index contributed by atoms with van der Waals surface area (Å²) in [6, 6.07) is 80.4. The van der Waals surface area contributed by atoms with Gasteiger partial charge in [-0.15, -0.1) is 11.3 Å². The summed E-state index contributed by atoms with van der Waals surface area (Å²) in [5.41, 5.74) is 13.6.